The van der Waals surface area contributed by atoms with Crippen LogP contribution < -0.4 is 11.5 Å². The van der Waals surface area contributed by atoms with Crippen molar-refractivity contribution in [1.82, 2.24) is 0 Å². The summed E-state index contributed by atoms with van der Waals surface area (Å²) < 4.78 is 0. The van der Waals surface area contributed by atoms with Crippen molar-refractivity contribution in [2.45, 2.75) is 71.3 Å². The molecule has 1 aromatic carbocycles. The van der Waals surface area contributed by atoms with Crippen molar-refractivity contribution in [3.8, 4) is 0 Å². The summed E-state index contributed by atoms with van der Waals surface area (Å²) in [7, 11) is 0. The molecule has 21 heavy (non-hydrogen) atoms. The van der Waals surface area contributed by atoms with Crippen LogP contribution in [0.5, 0.6) is 0 Å². The van der Waals surface area contributed by atoms with Crippen LogP contribution in [0.2, 0.25) is 0 Å². The van der Waals surface area contributed by atoms with Gasteiger partial charge in [-0.05, 0) is 30.4 Å². The van der Waals surface area contributed by atoms with E-state index in [1.807, 2.05) is 6.07 Å². The van der Waals surface area contributed by atoms with E-state index in [4.69, 9.17) is 11.5 Å². The molecule has 0 spiro atoms. The average Bonchev–Trinajstić information content (AvgIpc) is 2.50. The predicted molar refractivity (Wildman–Crippen MR) is 93.1 cm³/mol. The van der Waals surface area contributed by atoms with Gasteiger partial charge in [-0.2, -0.15) is 0 Å². The normalized spacial score (nSPS) is 13.3. The molecule has 1 aromatic rings. The van der Waals surface area contributed by atoms with E-state index in [2.05, 4.69) is 38.1 Å². The quantitative estimate of drug-likeness (QED) is 0.576. The van der Waals surface area contributed by atoms with Crippen LogP contribution in [0, 0.1) is 5.41 Å². The monoisotopic (exact) mass is 290 g/mol. The maximum absolute atomic E-state index is 6.21. The number of rotatable bonds is 11. The lowest BCUT2D eigenvalue weighted by Gasteiger charge is -2.21. The van der Waals surface area contributed by atoms with Crippen LogP contribution in [0.3, 0.4) is 0 Å². The maximum atomic E-state index is 6.21. The number of hydrogen-bond acceptors (Lipinski definition) is 2. The van der Waals surface area contributed by atoms with Crippen LogP contribution >= 0.6 is 0 Å². The van der Waals surface area contributed by atoms with Gasteiger partial charge in [0.1, 0.15) is 0 Å². The fourth-order valence-electron chi connectivity index (χ4n) is 2.64. The van der Waals surface area contributed by atoms with Gasteiger partial charge in [0, 0.05) is 6.04 Å². The first-order valence-electron chi connectivity index (χ1n) is 8.56. The smallest absolute Gasteiger partial charge is 0.0294 e. The lowest BCUT2D eigenvalue weighted by atomic mass is 9.87. The molecule has 0 fully saturated rings. The molecule has 1 atom stereocenters. The van der Waals surface area contributed by atoms with Crippen molar-refractivity contribution in [2.24, 2.45) is 16.9 Å². The lowest BCUT2D eigenvalue weighted by Crippen LogP contribution is -2.23. The Hall–Kier alpha value is -0.860. The summed E-state index contributed by atoms with van der Waals surface area (Å²) in [6, 6.07) is 10.6. The van der Waals surface area contributed by atoms with Gasteiger partial charge in [-0.1, -0.05) is 82.7 Å². The molecule has 2 nitrogen and oxygen atoms in total. The standard InChI is InChI=1S/C19H34N2/c1-19(2,16-20)15-11-6-4-3-5-10-14-18(21)17-12-8-7-9-13-17/h7-9,12-13,18H,3-6,10-11,14-16,20-21H2,1-2H3. The largest absolute Gasteiger partial charge is 0.330 e. The SMILES string of the molecule is CC(C)(CN)CCCCCCCCC(N)c1ccccc1. The van der Waals surface area contributed by atoms with Crippen LogP contribution in [-0.4, -0.2) is 6.54 Å². The highest BCUT2D eigenvalue weighted by Crippen LogP contribution is 2.23. The Balaban J connectivity index is 1.98. The van der Waals surface area contributed by atoms with E-state index in [1.165, 1.54) is 50.5 Å². The minimum absolute atomic E-state index is 0.205. The number of nitrogens with two attached hydrogens (primary N) is 2. The van der Waals surface area contributed by atoms with Crippen LogP contribution in [-0.2, 0) is 0 Å². The van der Waals surface area contributed by atoms with Gasteiger partial charge < -0.3 is 11.5 Å². The Labute approximate surface area is 131 Å². The van der Waals surface area contributed by atoms with Crippen molar-refractivity contribution in [1.29, 1.82) is 0 Å². The van der Waals surface area contributed by atoms with Gasteiger partial charge in [-0.3, -0.25) is 0 Å². The van der Waals surface area contributed by atoms with Crippen LogP contribution in [0.1, 0.15) is 76.8 Å². The molecule has 0 amide bonds. The van der Waals surface area contributed by atoms with Crippen molar-refractivity contribution in [2.75, 3.05) is 6.54 Å². The first kappa shape index (κ1) is 18.2. The molecule has 1 rings (SSSR count). The van der Waals surface area contributed by atoms with Gasteiger partial charge in [0.2, 0.25) is 0 Å². The summed E-state index contributed by atoms with van der Waals surface area (Å²) in [5.74, 6) is 0. The molecule has 0 aromatic heterocycles. The van der Waals surface area contributed by atoms with E-state index >= 15 is 0 Å². The molecule has 0 bridgehead atoms. The first-order chi connectivity index (χ1) is 10.0. The zero-order valence-corrected chi connectivity index (χ0v) is 14.0. The fourth-order valence-corrected chi connectivity index (χ4v) is 2.64. The van der Waals surface area contributed by atoms with Crippen molar-refractivity contribution >= 4 is 0 Å². The summed E-state index contributed by atoms with van der Waals surface area (Å²) in [4.78, 5) is 0. The van der Waals surface area contributed by atoms with Gasteiger partial charge in [0.25, 0.3) is 0 Å². The number of benzene rings is 1. The minimum Gasteiger partial charge on any atom is -0.330 e. The number of hydrogen-bond donors (Lipinski definition) is 2. The van der Waals surface area contributed by atoms with E-state index in [9.17, 15) is 0 Å². The molecule has 120 valence electrons. The van der Waals surface area contributed by atoms with Crippen molar-refractivity contribution < 1.29 is 0 Å². The van der Waals surface area contributed by atoms with Gasteiger partial charge in [0.05, 0.1) is 0 Å². The lowest BCUT2D eigenvalue weighted by molar-refractivity contribution is 0.330. The highest BCUT2D eigenvalue weighted by molar-refractivity contribution is 5.18. The minimum atomic E-state index is 0.205. The summed E-state index contributed by atoms with van der Waals surface area (Å²) in [6.45, 7) is 5.32. The molecule has 0 saturated heterocycles. The van der Waals surface area contributed by atoms with Crippen molar-refractivity contribution in [3.63, 3.8) is 0 Å². The molecular formula is C19H34N2. The second-order valence-corrected chi connectivity index (χ2v) is 7.05. The molecule has 4 N–H and O–H groups in total. The molecule has 0 aliphatic heterocycles. The van der Waals surface area contributed by atoms with E-state index < -0.39 is 0 Å². The zero-order chi connectivity index (χ0) is 15.6. The first-order valence-corrected chi connectivity index (χ1v) is 8.56. The molecule has 2 heteroatoms. The Morgan fingerprint density at radius 3 is 2.10 bits per heavy atom. The van der Waals surface area contributed by atoms with E-state index in [0.717, 1.165) is 13.0 Å². The summed E-state index contributed by atoms with van der Waals surface area (Å²) in [6.07, 6.45) is 10.2. The predicted octanol–water partition coefficient (Wildman–Crippen LogP) is 4.79. The highest BCUT2D eigenvalue weighted by Gasteiger charge is 2.14. The Bertz CT molecular complexity index is 359. The van der Waals surface area contributed by atoms with Gasteiger partial charge in [-0.15, -0.1) is 0 Å². The molecule has 0 aliphatic rings. The van der Waals surface area contributed by atoms with Gasteiger partial charge >= 0.3 is 0 Å². The van der Waals surface area contributed by atoms with Gasteiger partial charge in [0.15, 0.2) is 0 Å². The van der Waals surface area contributed by atoms with E-state index in [0.29, 0.717) is 5.41 Å². The Morgan fingerprint density at radius 2 is 1.48 bits per heavy atom. The Kier molecular flexibility index (Phi) is 8.63. The van der Waals surface area contributed by atoms with Crippen LogP contribution in [0.25, 0.3) is 0 Å². The number of unbranched alkanes of at least 4 members (excludes halogenated alkanes) is 5. The zero-order valence-electron chi connectivity index (χ0n) is 14.0. The third-order valence-electron chi connectivity index (χ3n) is 4.40. The maximum Gasteiger partial charge on any atom is 0.0294 e. The highest BCUT2D eigenvalue weighted by atomic mass is 14.6. The molecular weight excluding hydrogens is 256 g/mol. The van der Waals surface area contributed by atoms with Crippen LogP contribution in [0.4, 0.5) is 0 Å². The third-order valence-corrected chi connectivity index (χ3v) is 4.40. The van der Waals surface area contributed by atoms with E-state index in [1.54, 1.807) is 0 Å². The molecule has 0 saturated carbocycles. The fraction of sp³-hybridized carbons (Fsp3) is 0.684. The molecule has 0 heterocycles. The van der Waals surface area contributed by atoms with Crippen molar-refractivity contribution in [3.05, 3.63) is 35.9 Å². The second kappa shape index (κ2) is 9.97. The van der Waals surface area contributed by atoms with E-state index in [-0.39, 0.29) is 6.04 Å². The van der Waals surface area contributed by atoms with Crippen LogP contribution in [0.15, 0.2) is 30.3 Å². The molecule has 0 aliphatic carbocycles. The molecule has 0 radical (unpaired) electrons. The second-order valence-electron chi connectivity index (χ2n) is 7.05. The summed E-state index contributed by atoms with van der Waals surface area (Å²) in [5.41, 5.74) is 13.5. The summed E-state index contributed by atoms with van der Waals surface area (Å²) in [5, 5.41) is 0. The average molecular weight is 290 g/mol. The topological polar surface area (TPSA) is 52.0 Å². The summed E-state index contributed by atoms with van der Waals surface area (Å²) >= 11 is 0. The Morgan fingerprint density at radius 1 is 0.905 bits per heavy atom. The molecule has 1 unspecified atom stereocenters. The van der Waals surface area contributed by atoms with Gasteiger partial charge in [-0.25, -0.2) is 0 Å². The third kappa shape index (κ3) is 8.23.